The first-order valence-corrected chi connectivity index (χ1v) is 7.22. The topological polar surface area (TPSA) is 96.9 Å². The van der Waals surface area contributed by atoms with Gasteiger partial charge in [0.15, 0.2) is 0 Å². The van der Waals surface area contributed by atoms with Gasteiger partial charge in [-0.1, -0.05) is 0 Å². The molecule has 0 spiro atoms. The molecule has 0 radical (unpaired) electrons. The van der Waals surface area contributed by atoms with Gasteiger partial charge in [0.05, 0.1) is 29.2 Å². The van der Waals surface area contributed by atoms with Gasteiger partial charge >= 0.3 is 0 Å². The van der Waals surface area contributed by atoms with Crippen molar-refractivity contribution >= 4 is 17.6 Å². The van der Waals surface area contributed by atoms with E-state index < -0.39 is 0 Å². The third-order valence-electron chi connectivity index (χ3n) is 2.98. The van der Waals surface area contributed by atoms with Crippen molar-refractivity contribution < 1.29 is 4.74 Å². The van der Waals surface area contributed by atoms with Crippen molar-refractivity contribution in [2.45, 2.75) is 26.8 Å². The van der Waals surface area contributed by atoms with Gasteiger partial charge in [0.2, 0.25) is 5.88 Å². The molecule has 6 heteroatoms. The van der Waals surface area contributed by atoms with Crippen LogP contribution in [-0.2, 0) is 0 Å². The van der Waals surface area contributed by atoms with E-state index in [9.17, 15) is 0 Å². The predicted octanol–water partition coefficient (Wildman–Crippen LogP) is 2.94. The Hall–Kier alpha value is -2.63. The van der Waals surface area contributed by atoms with Crippen molar-refractivity contribution in [3.63, 3.8) is 0 Å². The summed E-state index contributed by atoms with van der Waals surface area (Å²) >= 11 is 0. The molecule has 2 heterocycles. The maximum atomic E-state index is 7.59. The Kier molecular flexibility index (Phi) is 4.93. The van der Waals surface area contributed by atoms with Crippen molar-refractivity contribution in [3.8, 4) is 17.1 Å². The number of nitrogens with two attached hydrogens (primary N) is 1. The molecule has 0 aromatic carbocycles. The molecule has 0 amide bonds. The second-order valence-corrected chi connectivity index (χ2v) is 5.09. The zero-order valence-electron chi connectivity index (χ0n) is 13.1. The number of aromatic nitrogens is 2. The lowest BCUT2D eigenvalue weighted by molar-refractivity contribution is 0.328. The predicted molar refractivity (Wildman–Crippen MR) is 89.7 cm³/mol. The molecular formula is C16H21N5O. The van der Waals surface area contributed by atoms with E-state index in [1.807, 2.05) is 32.9 Å². The fourth-order valence-corrected chi connectivity index (χ4v) is 2.11. The summed E-state index contributed by atoms with van der Waals surface area (Å²) in [5.41, 5.74) is 9.26. The monoisotopic (exact) mass is 299 g/mol. The number of nitrogens with zero attached hydrogens (tertiary/aromatic N) is 2. The van der Waals surface area contributed by atoms with Gasteiger partial charge in [-0.25, -0.2) is 9.97 Å². The Labute approximate surface area is 130 Å². The largest absolute Gasteiger partial charge is 0.477 e. The maximum Gasteiger partial charge on any atom is 0.222 e. The van der Waals surface area contributed by atoms with E-state index in [0.717, 1.165) is 5.56 Å². The van der Waals surface area contributed by atoms with Crippen molar-refractivity contribution in [1.82, 2.24) is 9.97 Å². The first-order chi connectivity index (χ1) is 10.6. The highest BCUT2D eigenvalue weighted by Crippen LogP contribution is 2.31. The second kappa shape index (κ2) is 6.89. The Balaban J connectivity index is 2.54. The number of pyridine rings is 2. The van der Waals surface area contributed by atoms with Crippen LogP contribution in [0.4, 0.5) is 11.4 Å². The van der Waals surface area contributed by atoms with Crippen molar-refractivity contribution in [2.24, 2.45) is 0 Å². The molecule has 0 aliphatic heterocycles. The van der Waals surface area contributed by atoms with E-state index >= 15 is 0 Å². The molecule has 6 nitrogen and oxygen atoms in total. The molecule has 116 valence electrons. The van der Waals surface area contributed by atoms with E-state index in [-0.39, 0.29) is 6.04 Å². The second-order valence-electron chi connectivity index (χ2n) is 5.09. The highest BCUT2D eigenvalue weighted by Gasteiger charge is 2.14. The standard InChI is InChI=1S/C16H21N5O/c1-4-22-16-11(6-5-7-19-16)13-8-12(18)15(20-10(2)3)14(9-17)21-13/h5-10,17,20H,4H2,1-3H3,(H2,18,21). The van der Waals surface area contributed by atoms with Crippen LogP contribution in [0.15, 0.2) is 24.4 Å². The van der Waals surface area contributed by atoms with E-state index in [1.54, 1.807) is 12.3 Å². The molecule has 2 aromatic heterocycles. The number of rotatable bonds is 6. The third-order valence-corrected chi connectivity index (χ3v) is 2.98. The number of ether oxygens (including phenoxy) is 1. The van der Waals surface area contributed by atoms with Crippen LogP contribution >= 0.6 is 0 Å². The van der Waals surface area contributed by atoms with Crippen LogP contribution in [0.25, 0.3) is 11.3 Å². The Bertz CT molecular complexity index is 670. The Morgan fingerprint density at radius 2 is 2.23 bits per heavy atom. The van der Waals surface area contributed by atoms with Crippen molar-refractivity contribution in [3.05, 3.63) is 30.1 Å². The maximum absolute atomic E-state index is 7.59. The highest BCUT2D eigenvalue weighted by molar-refractivity contribution is 5.91. The van der Waals surface area contributed by atoms with Gasteiger partial charge in [0.25, 0.3) is 0 Å². The van der Waals surface area contributed by atoms with Crippen LogP contribution in [0.2, 0.25) is 0 Å². The van der Waals surface area contributed by atoms with E-state index in [4.69, 9.17) is 15.9 Å². The van der Waals surface area contributed by atoms with Crippen LogP contribution in [0.5, 0.6) is 5.88 Å². The summed E-state index contributed by atoms with van der Waals surface area (Å²) in [7, 11) is 0. The number of nitrogen functional groups attached to an aromatic ring is 1. The molecule has 4 N–H and O–H groups in total. The van der Waals surface area contributed by atoms with Gasteiger partial charge in [-0.2, -0.15) is 0 Å². The summed E-state index contributed by atoms with van der Waals surface area (Å²) in [4.78, 5) is 8.74. The minimum atomic E-state index is 0.200. The summed E-state index contributed by atoms with van der Waals surface area (Å²) in [6.07, 6.45) is 2.87. The minimum Gasteiger partial charge on any atom is -0.477 e. The smallest absolute Gasteiger partial charge is 0.222 e. The summed E-state index contributed by atoms with van der Waals surface area (Å²) in [5.74, 6) is 0.511. The molecule has 0 unspecified atom stereocenters. The molecule has 0 saturated heterocycles. The lowest BCUT2D eigenvalue weighted by Crippen LogP contribution is -2.14. The van der Waals surface area contributed by atoms with Crippen LogP contribution in [0.3, 0.4) is 0 Å². The number of anilines is 2. The fourth-order valence-electron chi connectivity index (χ4n) is 2.11. The van der Waals surface area contributed by atoms with Gasteiger partial charge in [0.1, 0.15) is 5.69 Å². The highest BCUT2D eigenvalue weighted by atomic mass is 16.5. The van der Waals surface area contributed by atoms with Crippen LogP contribution in [0.1, 0.15) is 26.5 Å². The SMILES string of the molecule is CCOc1ncccc1-c1cc(N)c(NC(C)C)c(C=N)n1. The first kappa shape index (κ1) is 15.8. The van der Waals surface area contributed by atoms with Gasteiger partial charge in [-0.05, 0) is 39.0 Å². The number of hydrogen-bond acceptors (Lipinski definition) is 6. The lowest BCUT2D eigenvalue weighted by Gasteiger charge is -2.16. The van der Waals surface area contributed by atoms with E-state index in [2.05, 4.69) is 15.3 Å². The van der Waals surface area contributed by atoms with Gasteiger partial charge in [-0.3, -0.25) is 0 Å². The van der Waals surface area contributed by atoms with Crippen molar-refractivity contribution in [1.29, 1.82) is 5.41 Å². The molecule has 0 aliphatic rings. The average Bonchev–Trinajstić information content (AvgIpc) is 2.49. The molecule has 0 fully saturated rings. The molecule has 2 rings (SSSR count). The number of nitrogens with one attached hydrogen (secondary N) is 2. The van der Waals surface area contributed by atoms with Crippen LogP contribution in [0, 0.1) is 5.41 Å². The van der Waals surface area contributed by atoms with E-state index in [0.29, 0.717) is 35.2 Å². The zero-order chi connectivity index (χ0) is 16.1. The summed E-state index contributed by atoms with van der Waals surface area (Å²) in [6, 6.07) is 5.67. The molecule has 22 heavy (non-hydrogen) atoms. The van der Waals surface area contributed by atoms with Gasteiger partial charge < -0.3 is 21.2 Å². The molecule has 0 aliphatic carbocycles. The molecule has 2 aromatic rings. The Morgan fingerprint density at radius 3 is 2.86 bits per heavy atom. The van der Waals surface area contributed by atoms with Gasteiger partial charge in [-0.15, -0.1) is 0 Å². The quantitative estimate of drug-likeness (QED) is 0.712. The summed E-state index contributed by atoms with van der Waals surface area (Å²) in [6.45, 7) is 6.44. The molecule has 0 bridgehead atoms. The molecule has 0 atom stereocenters. The fraction of sp³-hybridized carbons (Fsp3) is 0.312. The van der Waals surface area contributed by atoms with E-state index in [1.165, 1.54) is 6.21 Å². The third kappa shape index (κ3) is 3.33. The normalized spacial score (nSPS) is 10.5. The minimum absolute atomic E-state index is 0.200. The zero-order valence-corrected chi connectivity index (χ0v) is 13.1. The van der Waals surface area contributed by atoms with Gasteiger partial charge in [0, 0.05) is 18.5 Å². The van der Waals surface area contributed by atoms with Crippen molar-refractivity contribution in [2.75, 3.05) is 17.7 Å². The average molecular weight is 299 g/mol. The van der Waals surface area contributed by atoms with Crippen LogP contribution in [-0.4, -0.2) is 28.8 Å². The number of hydrogen-bond donors (Lipinski definition) is 3. The first-order valence-electron chi connectivity index (χ1n) is 7.22. The molecular weight excluding hydrogens is 278 g/mol. The summed E-state index contributed by atoms with van der Waals surface area (Å²) in [5, 5.41) is 10.8. The molecule has 0 saturated carbocycles. The summed E-state index contributed by atoms with van der Waals surface area (Å²) < 4.78 is 5.53. The van der Waals surface area contributed by atoms with Crippen LogP contribution < -0.4 is 15.8 Å². The Morgan fingerprint density at radius 1 is 1.45 bits per heavy atom. The lowest BCUT2D eigenvalue weighted by atomic mass is 10.1.